The van der Waals surface area contributed by atoms with Gasteiger partial charge in [-0.1, -0.05) is 15.9 Å². The van der Waals surface area contributed by atoms with Crippen LogP contribution < -0.4 is 0 Å². The number of rotatable bonds is 2. The summed E-state index contributed by atoms with van der Waals surface area (Å²) >= 11 is 4.14. The quantitative estimate of drug-likeness (QED) is 0.720. The molecule has 1 aliphatic heterocycles. The molecule has 0 aromatic rings. The molecule has 3 heteroatoms. The molecule has 1 saturated heterocycles. The minimum Gasteiger partial charge on any atom is -0.304 e. The van der Waals surface area contributed by atoms with Crippen LogP contribution in [0.25, 0.3) is 0 Å². The SMILES string of the molecule is CN1CCN(CC23C[C@@H]4CC(C[C@@H](C4)C2)[C@@H]3Br)CC1. The molecule has 5 rings (SSSR count). The summed E-state index contributed by atoms with van der Waals surface area (Å²) in [5, 5.41) is 0. The van der Waals surface area contributed by atoms with Gasteiger partial charge in [-0.2, -0.15) is 0 Å². The number of likely N-dealkylation sites (N-methyl/N-ethyl adjacent to an activating group) is 1. The molecule has 0 spiro atoms. The van der Waals surface area contributed by atoms with Crippen LogP contribution in [-0.4, -0.2) is 54.4 Å². The molecule has 19 heavy (non-hydrogen) atoms. The summed E-state index contributed by atoms with van der Waals surface area (Å²) in [6, 6.07) is 0. The zero-order valence-electron chi connectivity index (χ0n) is 12.2. The van der Waals surface area contributed by atoms with Crippen LogP contribution in [0.2, 0.25) is 0 Å². The first-order valence-corrected chi connectivity index (χ1v) is 9.11. The van der Waals surface area contributed by atoms with Crippen molar-refractivity contribution in [2.24, 2.45) is 23.2 Å². The lowest BCUT2D eigenvalue weighted by Crippen LogP contribution is -2.59. The summed E-state index contributed by atoms with van der Waals surface area (Å²) in [6.07, 6.45) is 7.64. The molecule has 1 heterocycles. The Labute approximate surface area is 126 Å². The van der Waals surface area contributed by atoms with E-state index in [1.807, 2.05) is 0 Å². The standard InChI is InChI=1S/C16H27BrN2/c1-18-2-4-19(5-3-18)11-16-9-12-6-13(10-16)8-14(7-12)15(16)17/h12-15H,2-11H2,1H3/t12-,13+,14?,15-,16?/m0/s1. The van der Waals surface area contributed by atoms with E-state index in [1.165, 1.54) is 58.4 Å². The van der Waals surface area contributed by atoms with Gasteiger partial charge in [-0.25, -0.2) is 0 Å². The number of nitrogens with zero attached hydrogens (tertiary/aromatic N) is 2. The van der Waals surface area contributed by atoms with Crippen molar-refractivity contribution in [1.29, 1.82) is 0 Å². The highest BCUT2D eigenvalue weighted by molar-refractivity contribution is 9.09. The zero-order chi connectivity index (χ0) is 13.0. The van der Waals surface area contributed by atoms with Crippen molar-refractivity contribution in [2.75, 3.05) is 39.8 Å². The van der Waals surface area contributed by atoms with Crippen LogP contribution >= 0.6 is 15.9 Å². The van der Waals surface area contributed by atoms with Crippen molar-refractivity contribution in [2.45, 2.75) is 36.9 Å². The minimum absolute atomic E-state index is 0.630. The highest BCUT2D eigenvalue weighted by Crippen LogP contribution is 2.62. The van der Waals surface area contributed by atoms with Crippen LogP contribution in [0.1, 0.15) is 32.1 Å². The second-order valence-electron chi connectivity index (χ2n) is 7.95. The molecule has 0 amide bonds. The van der Waals surface area contributed by atoms with E-state index in [0.29, 0.717) is 5.41 Å². The first-order chi connectivity index (χ1) is 9.14. The second-order valence-corrected chi connectivity index (χ2v) is 8.94. The number of halogens is 1. The Morgan fingerprint density at radius 1 is 1.00 bits per heavy atom. The molecule has 5 aliphatic rings. The zero-order valence-corrected chi connectivity index (χ0v) is 13.7. The molecule has 4 aliphatic carbocycles. The van der Waals surface area contributed by atoms with Crippen LogP contribution in [-0.2, 0) is 0 Å². The molecule has 2 nitrogen and oxygen atoms in total. The lowest BCUT2D eigenvalue weighted by molar-refractivity contribution is -0.0641. The van der Waals surface area contributed by atoms with Crippen molar-refractivity contribution in [3.05, 3.63) is 0 Å². The summed E-state index contributed by atoms with van der Waals surface area (Å²) in [5.41, 5.74) is 0.630. The topological polar surface area (TPSA) is 6.48 Å². The molecule has 0 N–H and O–H groups in total. The summed E-state index contributed by atoms with van der Waals surface area (Å²) < 4.78 is 0. The van der Waals surface area contributed by atoms with Crippen LogP contribution in [0, 0.1) is 23.2 Å². The van der Waals surface area contributed by atoms with Crippen LogP contribution in [0.4, 0.5) is 0 Å². The minimum atomic E-state index is 0.630. The first kappa shape index (κ1) is 13.1. The molecule has 4 bridgehead atoms. The number of hydrogen-bond donors (Lipinski definition) is 0. The molecule has 108 valence electrons. The number of alkyl halides is 1. The third-order valence-electron chi connectivity index (χ3n) is 6.46. The largest absolute Gasteiger partial charge is 0.304 e. The van der Waals surface area contributed by atoms with Crippen LogP contribution in [0.3, 0.4) is 0 Å². The smallest absolute Gasteiger partial charge is 0.0243 e. The van der Waals surface area contributed by atoms with Crippen molar-refractivity contribution < 1.29 is 0 Å². The van der Waals surface area contributed by atoms with E-state index in [9.17, 15) is 0 Å². The molecule has 5 fully saturated rings. The molecule has 5 atom stereocenters. The van der Waals surface area contributed by atoms with E-state index < -0.39 is 0 Å². The normalized spacial score (nSPS) is 50.8. The third-order valence-corrected chi connectivity index (χ3v) is 8.18. The van der Waals surface area contributed by atoms with Crippen molar-refractivity contribution in [1.82, 2.24) is 9.80 Å². The van der Waals surface area contributed by atoms with Gasteiger partial charge in [0.25, 0.3) is 0 Å². The number of piperazine rings is 1. The average molecular weight is 327 g/mol. The highest BCUT2D eigenvalue weighted by Gasteiger charge is 2.56. The molecule has 0 aromatic carbocycles. The van der Waals surface area contributed by atoms with E-state index in [4.69, 9.17) is 0 Å². The van der Waals surface area contributed by atoms with Gasteiger partial charge in [0, 0.05) is 37.6 Å². The molecular formula is C16H27BrN2. The van der Waals surface area contributed by atoms with E-state index in [2.05, 4.69) is 32.8 Å². The van der Waals surface area contributed by atoms with Gasteiger partial charge in [0.1, 0.15) is 0 Å². The Morgan fingerprint density at radius 2 is 1.63 bits per heavy atom. The molecule has 2 unspecified atom stereocenters. The van der Waals surface area contributed by atoms with Gasteiger partial charge in [-0.15, -0.1) is 0 Å². The van der Waals surface area contributed by atoms with Gasteiger partial charge >= 0.3 is 0 Å². The Kier molecular flexibility index (Phi) is 3.24. The molecule has 0 radical (unpaired) electrons. The Balaban J connectivity index is 1.49. The van der Waals surface area contributed by atoms with Gasteiger partial charge < -0.3 is 9.80 Å². The van der Waals surface area contributed by atoms with Crippen molar-refractivity contribution in [3.63, 3.8) is 0 Å². The average Bonchev–Trinajstić information content (AvgIpc) is 2.38. The third kappa shape index (κ3) is 2.20. The fraction of sp³-hybridized carbons (Fsp3) is 1.00. The Morgan fingerprint density at radius 3 is 2.26 bits per heavy atom. The van der Waals surface area contributed by atoms with E-state index in [-0.39, 0.29) is 0 Å². The summed E-state index contributed by atoms with van der Waals surface area (Å²) in [7, 11) is 2.26. The summed E-state index contributed by atoms with van der Waals surface area (Å²) in [6.45, 7) is 6.48. The second kappa shape index (κ2) is 4.71. The molecule has 0 aromatic heterocycles. The predicted octanol–water partition coefficient (Wildman–Crippen LogP) is 2.82. The fourth-order valence-corrected chi connectivity index (χ4v) is 6.76. The van der Waals surface area contributed by atoms with Gasteiger partial charge in [0.15, 0.2) is 0 Å². The molecular weight excluding hydrogens is 300 g/mol. The lowest BCUT2D eigenvalue weighted by atomic mass is 9.49. The number of hydrogen-bond acceptors (Lipinski definition) is 2. The van der Waals surface area contributed by atoms with E-state index >= 15 is 0 Å². The van der Waals surface area contributed by atoms with E-state index in [1.54, 1.807) is 6.42 Å². The van der Waals surface area contributed by atoms with Crippen LogP contribution in [0.5, 0.6) is 0 Å². The van der Waals surface area contributed by atoms with Crippen molar-refractivity contribution >= 4 is 15.9 Å². The molecule has 4 saturated carbocycles. The summed E-state index contributed by atoms with van der Waals surface area (Å²) in [5.74, 6) is 3.14. The fourth-order valence-electron chi connectivity index (χ4n) is 5.81. The van der Waals surface area contributed by atoms with Gasteiger partial charge in [0.2, 0.25) is 0 Å². The predicted molar refractivity (Wildman–Crippen MR) is 82.6 cm³/mol. The summed E-state index contributed by atoms with van der Waals surface area (Å²) in [4.78, 5) is 6.05. The maximum atomic E-state index is 4.14. The van der Waals surface area contributed by atoms with Crippen LogP contribution in [0.15, 0.2) is 0 Å². The Bertz CT molecular complexity index is 337. The van der Waals surface area contributed by atoms with Crippen molar-refractivity contribution in [3.8, 4) is 0 Å². The van der Waals surface area contributed by atoms with E-state index in [0.717, 1.165) is 22.6 Å². The monoisotopic (exact) mass is 326 g/mol. The maximum Gasteiger partial charge on any atom is 0.0243 e. The van der Waals surface area contributed by atoms with Gasteiger partial charge in [-0.05, 0) is 62.3 Å². The Hall–Kier alpha value is 0.400. The maximum absolute atomic E-state index is 4.14. The highest BCUT2D eigenvalue weighted by atomic mass is 79.9. The van der Waals surface area contributed by atoms with Gasteiger partial charge in [0.05, 0.1) is 0 Å². The van der Waals surface area contributed by atoms with Gasteiger partial charge in [-0.3, -0.25) is 0 Å². The first-order valence-electron chi connectivity index (χ1n) is 8.20. The lowest BCUT2D eigenvalue weighted by Gasteiger charge is -2.61.